The molecule has 0 amide bonds. The van der Waals surface area contributed by atoms with Crippen LogP contribution in [0.15, 0.2) is 0 Å². The van der Waals surface area contributed by atoms with Crippen LogP contribution in [-0.4, -0.2) is 35.1 Å². The van der Waals surface area contributed by atoms with Gasteiger partial charge in [-0.1, -0.05) is 19.8 Å². The summed E-state index contributed by atoms with van der Waals surface area (Å²) in [4.78, 5) is 13.0. The predicted molar refractivity (Wildman–Crippen MR) is 58.7 cm³/mol. The number of piperidine rings is 1. The molecule has 2 aliphatic rings. The monoisotopic (exact) mass is 211 g/mol. The molecule has 0 aromatic rings. The van der Waals surface area contributed by atoms with Crippen LogP contribution in [0.25, 0.3) is 0 Å². The Hall–Kier alpha value is -0.570. The topological polar surface area (TPSA) is 40.5 Å². The van der Waals surface area contributed by atoms with Crippen LogP contribution < -0.4 is 0 Å². The first-order chi connectivity index (χ1) is 7.18. The Bertz CT molecular complexity index is 242. The largest absolute Gasteiger partial charge is 0.480 e. The fourth-order valence-corrected chi connectivity index (χ4v) is 3.38. The van der Waals surface area contributed by atoms with Gasteiger partial charge in [0.2, 0.25) is 0 Å². The molecule has 1 N–H and O–H groups in total. The van der Waals surface area contributed by atoms with Crippen LogP contribution in [-0.2, 0) is 4.79 Å². The molecule has 0 aromatic carbocycles. The Labute approximate surface area is 91.5 Å². The van der Waals surface area contributed by atoms with Crippen molar-refractivity contribution in [2.75, 3.05) is 13.1 Å². The third-order valence-electron chi connectivity index (χ3n) is 4.19. The van der Waals surface area contributed by atoms with E-state index in [1.54, 1.807) is 0 Å². The number of fused-ring (bicyclic) bond motifs is 1. The van der Waals surface area contributed by atoms with Crippen LogP contribution in [0.1, 0.15) is 39.0 Å². The van der Waals surface area contributed by atoms with Gasteiger partial charge in [0.15, 0.2) is 0 Å². The van der Waals surface area contributed by atoms with Crippen molar-refractivity contribution >= 4 is 5.97 Å². The minimum atomic E-state index is -0.672. The van der Waals surface area contributed by atoms with Crippen molar-refractivity contribution in [3.63, 3.8) is 0 Å². The van der Waals surface area contributed by atoms with Gasteiger partial charge >= 0.3 is 5.97 Å². The predicted octanol–water partition coefficient (Wildman–Crippen LogP) is 1.97. The third-order valence-corrected chi connectivity index (χ3v) is 4.19. The maximum Gasteiger partial charge on any atom is 0.317 e. The van der Waals surface area contributed by atoms with Crippen LogP contribution in [0.3, 0.4) is 0 Å². The number of carboxylic acids is 1. The molecule has 1 heterocycles. The van der Waals surface area contributed by atoms with Crippen molar-refractivity contribution in [1.82, 2.24) is 4.90 Å². The number of nitrogens with zero attached hydrogens (tertiary/aromatic N) is 1. The average Bonchev–Trinajstić information content (AvgIpc) is 2.22. The molecule has 0 radical (unpaired) electrons. The summed E-state index contributed by atoms with van der Waals surface area (Å²) in [5.41, 5.74) is 0. The van der Waals surface area contributed by atoms with Crippen molar-refractivity contribution < 1.29 is 9.90 Å². The first kappa shape index (κ1) is 10.9. The van der Waals surface area contributed by atoms with Gasteiger partial charge in [-0.2, -0.15) is 0 Å². The summed E-state index contributed by atoms with van der Waals surface area (Å²) in [5.74, 6) is 0.876. The van der Waals surface area contributed by atoms with E-state index in [9.17, 15) is 4.79 Å². The molecule has 2 fully saturated rings. The minimum Gasteiger partial charge on any atom is -0.480 e. The molecule has 1 aliphatic heterocycles. The average molecular weight is 211 g/mol. The lowest BCUT2D eigenvalue weighted by molar-refractivity contribution is -0.140. The van der Waals surface area contributed by atoms with E-state index in [-0.39, 0.29) is 6.54 Å². The Morgan fingerprint density at radius 1 is 1.33 bits per heavy atom. The van der Waals surface area contributed by atoms with Gasteiger partial charge in [0.25, 0.3) is 0 Å². The van der Waals surface area contributed by atoms with Crippen LogP contribution in [0.4, 0.5) is 0 Å². The van der Waals surface area contributed by atoms with Crippen molar-refractivity contribution in [3.8, 4) is 0 Å². The maximum atomic E-state index is 10.8. The highest BCUT2D eigenvalue weighted by Gasteiger charge is 2.37. The van der Waals surface area contributed by atoms with E-state index in [4.69, 9.17) is 5.11 Å². The van der Waals surface area contributed by atoms with E-state index in [1.807, 2.05) is 0 Å². The smallest absolute Gasteiger partial charge is 0.317 e. The van der Waals surface area contributed by atoms with Crippen molar-refractivity contribution in [1.29, 1.82) is 0 Å². The van der Waals surface area contributed by atoms with Crippen LogP contribution in [0.5, 0.6) is 0 Å². The second-order valence-corrected chi connectivity index (χ2v) is 5.15. The first-order valence-electron chi connectivity index (χ1n) is 6.14. The number of hydrogen-bond acceptors (Lipinski definition) is 2. The molecule has 15 heavy (non-hydrogen) atoms. The Morgan fingerprint density at radius 3 is 2.80 bits per heavy atom. The molecule has 0 unspecified atom stereocenters. The molecule has 1 saturated carbocycles. The number of likely N-dealkylation sites (tertiary alicyclic amines) is 1. The van der Waals surface area contributed by atoms with E-state index in [0.29, 0.717) is 6.04 Å². The van der Waals surface area contributed by atoms with E-state index in [0.717, 1.165) is 18.4 Å². The summed E-state index contributed by atoms with van der Waals surface area (Å²) in [6.45, 7) is 3.56. The summed E-state index contributed by atoms with van der Waals surface area (Å²) in [5, 5.41) is 8.88. The second-order valence-electron chi connectivity index (χ2n) is 5.15. The van der Waals surface area contributed by atoms with Crippen molar-refractivity contribution in [2.24, 2.45) is 11.8 Å². The molecular weight excluding hydrogens is 190 g/mol. The minimum absolute atomic E-state index is 0.244. The molecular formula is C12H21NO2. The number of hydrogen-bond donors (Lipinski definition) is 1. The van der Waals surface area contributed by atoms with E-state index < -0.39 is 5.97 Å². The summed E-state index contributed by atoms with van der Waals surface area (Å²) in [7, 11) is 0. The van der Waals surface area contributed by atoms with Gasteiger partial charge in [-0.25, -0.2) is 0 Å². The summed E-state index contributed by atoms with van der Waals surface area (Å²) < 4.78 is 0. The third kappa shape index (κ3) is 2.33. The van der Waals surface area contributed by atoms with Gasteiger partial charge in [0.1, 0.15) is 0 Å². The van der Waals surface area contributed by atoms with Gasteiger partial charge in [0.05, 0.1) is 6.54 Å². The highest BCUT2D eigenvalue weighted by atomic mass is 16.4. The highest BCUT2D eigenvalue weighted by Crippen LogP contribution is 2.38. The molecule has 3 heteroatoms. The molecule has 1 saturated heterocycles. The second kappa shape index (κ2) is 4.52. The van der Waals surface area contributed by atoms with Crippen molar-refractivity contribution in [2.45, 2.75) is 45.1 Å². The summed E-state index contributed by atoms with van der Waals surface area (Å²) in [6.07, 6.45) is 6.31. The Balaban J connectivity index is 2.03. The Morgan fingerprint density at radius 2 is 2.07 bits per heavy atom. The fraction of sp³-hybridized carbons (Fsp3) is 0.917. The SMILES string of the molecule is C[C@@H]1CCN(CC(=O)O)[C@H]2CCCC[C@H]12. The standard InChI is InChI=1S/C12H21NO2/c1-9-6-7-13(8-12(14)15)11-5-3-2-4-10(9)11/h9-11H,2-8H2,1H3,(H,14,15)/t9-,10-,11+/m1/s1. The zero-order valence-electron chi connectivity index (χ0n) is 9.48. The zero-order chi connectivity index (χ0) is 10.8. The van der Waals surface area contributed by atoms with Crippen LogP contribution in [0.2, 0.25) is 0 Å². The maximum absolute atomic E-state index is 10.8. The molecule has 0 spiro atoms. The lowest BCUT2D eigenvalue weighted by Gasteiger charge is -2.46. The van der Waals surface area contributed by atoms with Gasteiger partial charge < -0.3 is 5.11 Å². The molecule has 2 rings (SSSR count). The molecule has 86 valence electrons. The summed E-state index contributed by atoms with van der Waals surface area (Å²) in [6, 6.07) is 0.554. The normalized spacial score (nSPS) is 37.3. The van der Waals surface area contributed by atoms with Gasteiger partial charge in [-0.15, -0.1) is 0 Å². The first-order valence-corrected chi connectivity index (χ1v) is 6.14. The fourth-order valence-electron chi connectivity index (χ4n) is 3.38. The van der Waals surface area contributed by atoms with E-state index in [1.165, 1.54) is 32.1 Å². The number of carbonyl (C=O) groups is 1. The van der Waals surface area contributed by atoms with Gasteiger partial charge in [-0.05, 0) is 37.6 Å². The lowest BCUT2D eigenvalue weighted by Crippen LogP contribution is -2.51. The van der Waals surface area contributed by atoms with Gasteiger partial charge in [-0.3, -0.25) is 9.69 Å². The summed E-state index contributed by atoms with van der Waals surface area (Å²) >= 11 is 0. The van der Waals surface area contributed by atoms with Gasteiger partial charge in [0, 0.05) is 6.04 Å². The van der Waals surface area contributed by atoms with Crippen LogP contribution >= 0.6 is 0 Å². The molecule has 0 bridgehead atoms. The zero-order valence-corrected chi connectivity index (χ0v) is 9.48. The Kier molecular flexibility index (Phi) is 3.29. The highest BCUT2D eigenvalue weighted by molar-refractivity contribution is 5.69. The van der Waals surface area contributed by atoms with Crippen LogP contribution in [0, 0.1) is 11.8 Å². The molecule has 1 aliphatic carbocycles. The van der Waals surface area contributed by atoms with E-state index in [2.05, 4.69) is 11.8 Å². The molecule has 3 atom stereocenters. The van der Waals surface area contributed by atoms with E-state index >= 15 is 0 Å². The number of aliphatic carboxylic acids is 1. The number of rotatable bonds is 2. The quantitative estimate of drug-likeness (QED) is 0.759. The van der Waals surface area contributed by atoms with Crippen molar-refractivity contribution in [3.05, 3.63) is 0 Å². The molecule has 3 nitrogen and oxygen atoms in total. The number of carboxylic acid groups (broad SMARTS) is 1. The lowest BCUT2D eigenvalue weighted by atomic mass is 9.72. The molecule has 0 aromatic heterocycles.